The van der Waals surface area contributed by atoms with Crippen molar-refractivity contribution in [1.29, 1.82) is 0 Å². The van der Waals surface area contributed by atoms with E-state index < -0.39 is 17.9 Å². The molecule has 2 amide bonds. The second kappa shape index (κ2) is 9.39. The molecule has 1 aliphatic carbocycles. The van der Waals surface area contributed by atoms with E-state index in [0.717, 1.165) is 27.8 Å². The lowest BCUT2D eigenvalue weighted by Crippen LogP contribution is -2.47. The van der Waals surface area contributed by atoms with Gasteiger partial charge in [0.05, 0.1) is 5.92 Å². The maximum absolute atomic E-state index is 13.4. The highest BCUT2D eigenvalue weighted by atomic mass is 16.2. The van der Waals surface area contributed by atoms with Gasteiger partial charge in [-0.15, -0.1) is 0 Å². The third-order valence-corrected chi connectivity index (χ3v) is 6.45. The molecule has 5 nitrogen and oxygen atoms in total. The molecule has 0 heterocycles. The Labute approximate surface area is 203 Å². The second-order valence-corrected chi connectivity index (χ2v) is 8.67. The summed E-state index contributed by atoms with van der Waals surface area (Å²) in [5, 5.41) is 2.87. The monoisotopic (exact) mass is 460 g/mol. The second-order valence-electron chi connectivity index (χ2n) is 8.67. The van der Waals surface area contributed by atoms with Gasteiger partial charge < -0.3 is 11.1 Å². The number of carbonyl (C=O) groups is 3. The number of hydrogen-bond donors (Lipinski definition) is 2. The number of nitrogens with two attached hydrogens (primary N) is 1. The summed E-state index contributed by atoms with van der Waals surface area (Å²) in [5.74, 6) is -1.45. The predicted octanol–water partition coefficient (Wildman–Crippen LogP) is 4.24. The average molecular weight is 461 g/mol. The van der Waals surface area contributed by atoms with E-state index in [0.29, 0.717) is 11.1 Å². The van der Waals surface area contributed by atoms with Crippen LogP contribution in [0.3, 0.4) is 0 Å². The van der Waals surface area contributed by atoms with Crippen molar-refractivity contribution in [1.82, 2.24) is 5.32 Å². The Hall–Kier alpha value is -4.51. The number of benzene rings is 4. The molecule has 0 saturated carbocycles. The fourth-order valence-corrected chi connectivity index (χ4v) is 4.70. The van der Waals surface area contributed by atoms with Crippen molar-refractivity contribution in [3.8, 4) is 11.1 Å². The van der Waals surface area contributed by atoms with Crippen LogP contribution in [0.2, 0.25) is 0 Å². The molecule has 3 N–H and O–H groups in total. The molecule has 35 heavy (non-hydrogen) atoms. The van der Waals surface area contributed by atoms with Gasteiger partial charge >= 0.3 is 0 Å². The minimum absolute atomic E-state index is 0.0736. The highest BCUT2D eigenvalue weighted by Gasteiger charge is 2.35. The van der Waals surface area contributed by atoms with E-state index in [1.165, 1.54) is 0 Å². The molecule has 1 aliphatic rings. The van der Waals surface area contributed by atoms with Crippen molar-refractivity contribution in [2.75, 3.05) is 0 Å². The number of carbonyl (C=O) groups excluding carboxylic acids is 3. The fourth-order valence-electron chi connectivity index (χ4n) is 4.70. The lowest BCUT2D eigenvalue weighted by atomic mass is 9.95. The van der Waals surface area contributed by atoms with E-state index in [1.807, 2.05) is 66.7 Å². The van der Waals surface area contributed by atoms with Crippen LogP contribution in [0.4, 0.5) is 0 Å². The lowest BCUT2D eigenvalue weighted by Gasteiger charge is -2.20. The van der Waals surface area contributed by atoms with E-state index in [2.05, 4.69) is 5.32 Å². The van der Waals surface area contributed by atoms with E-state index in [1.54, 1.807) is 36.4 Å². The van der Waals surface area contributed by atoms with Crippen LogP contribution in [0.1, 0.15) is 38.5 Å². The Balaban J connectivity index is 1.34. The van der Waals surface area contributed by atoms with Gasteiger partial charge in [-0.25, -0.2) is 0 Å². The first-order valence-electron chi connectivity index (χ1n) is 11.5. The number of fused-ring (bicyclic) bond motifs is 3. The number of amides is 2. The van der Waals surface area contributed by atoms with Crippen LogP contribution in [0.5, 0.6) is 0 Å². The molecule has 0 saturated heterocycles. The van der Waals surface area contributed by atoms with Crippen molar-refractivity contribution >= 4 is 17.6 Å². The smallest absolute Gasteiger partial charge is 0.240 e. The Kier molecular flexibility index (Phi) is 5.98. The summed E-state index contributed by atoms with van der Waals surface area (Å²) >= 11 is 0. The molecule has 4 aromatic carbocycles. The number of ketones is 1. The highest BCUT2D eigenvalue weighted by molar-refractivity contribution is 6.09. The van der Waals surface area contributed by atoms with Gasteiger partial charge in [0, 0.05) is 17.5 Å². The summed E-state index contributed by atoms with van der Waals surface area (Å²) in [6.45, 7) is 0. The van der Waals surface area contributed by atoms with Crippen molar-refractivity contribution in [3.05, 3.63) is 131 Å². The molecule has 4 aromatic rings. The molecule has 5 rings (SSSR count). The Morgan fingerprint density at radius 3 is 1.77 bits per heavy atom. The summed E-state index contributed by atoms with van der Waals surface area (Å²) in [4.78, 5) is 38.3. The van der Waals surface area contributed by atoms with Crippen molar-refractivity contribution in [2.24, 2.45) is 5.73 Å². The molecule has 0 aliphatic heterocycles. The van der Waals surface area contributed by atoms with Crippen LogP contribution < -0.4 is 11.1 Å². The van der Waals surface area contributed by atoms with Crippen LogP contribution in [0, 0.1) is 0 Å². The molecule has 0 bridgehead atoms. The lowest BCUT2D eigenvalue weighted by molar-refractivity contribution is -0.127. The fraction of sp³-hybridized carbons (Fsp3) is 0.100. The quantitative estimate of drug-likeness (QED) is 0.404. The Bertz CT molecular complexity index is 1370. The maximum Gasteiger partial charge on any atom is 0.240 e. The minimum Gasteiger partial charge on any atom is -0.368 e. The topological polar surface area (TPSA) is 89.3 Å². The van der Waals surface area contributed by atoms with Gasteiger partial charge in [0.2, 0.25) is 11.8 Å². The predicted molar refractivity (Wildman–Crippen MR) is 135 cm³/mol. The maximum atomic E-state index is 13.4. The summed E-state index contributed by atoms with van der Waals surface area (Å²) < 4.78 is 0. The van der Waals surface area contributed by atoms with Crippen LogP contribution >= 0.6 is 0 Å². The molecule has 0 aromatic heterocycles. The SMILES string of the molecule is NC(=O)[C@@H](Cc1ccc(C(=O)c2ccccc2)cc1)NC(=O)C1c2ccccc2-c2ccccc21. The van der Waals surface area contributed by atoms with Gasteiger partial charge in [0.15, 0.2) is 5.78 Å². The summed E-state index contributed by atoms with van der Waals surface area (Å²) in [6, 6.07) is 30.8. The zero-order valence-corrected chi connectivity index (χ0v) is 19.0. The summed E-state index contributed by atoms with van der Waals surface area (Å²) in [5.41, 5.74) is 11.5. The summed E-state index contributed by atoms with van der Waals surface area (Å²) in [7, 11) is 0. The van der Waals surface area contributed by atoms with E-state index in [4.69, 9.17) is 5.73 Å². The molecule has 0 radical (unpaired) electrons. The Morgan fingerprint density at radius 2 is 1.20 bits per heavy atom. The first kappa shape index (κ1) is 22.3. The van der Waals surface area contributed by atoms with Gasteiger partial charge in [0.25, 0.3) is 0 Å². The zero-order valence-electron chi connectivity index (χ0n) is 19.0. The number of hydrogen-bond acceptors (Lipinski definition) is 3. The molecule has 5 heteroatoms. The zero-order chi connectivity index (χ0) is 24.4. The molecule has 172 valence electrons. The van der Waals surface area contributed by atoms with Gasteiger partial charge in [-0.1, -0.05) is 103 Å². The molecular weight excluding hydrogens is 436 g/mol. The third kappa shape index (κ3) is 4.36. The van der Waals surface area contributed by atoms with Crippen molar-refractivity contribution in [2.45, 2.75) is 18.4 Å². The third-order valence-electron chi connectivity index (χ3n) is 6.45. The first-order chi connectivity index (χ1) is 17.0. The largest absolute Gasteiger partial charge is 0.368 e. The molecule has 0 spiro atoms. The molecule has 0 fully saturated rings. The average Bonchev–Trinajstić information content (AvgIpc) is 3.23. The standard InChI is InChI=1S/C30H24N2O3/c31-29(34)26(18-19-14-16-21(17-15-19)28(33)20-8-2-1-3-9-20)32-30(35)27-24-12-6-4-10-22(24)23-11-5-7-13-25(23)27/h1-17,26-27H,18H2,(H2,31,34)(H,32,35)/t26-/m1/s1. The van der Waals surface area contributed by atoms with Gasteiger partial charge in [-0.3, -0.25) is 14.4 Å². The number of rotatable bonds is 7. The van der Waals surface area contributed by atoms with Crippen LogP contribution in [-0.2, 0) is 16.0 Å². The highest BCUT2D eigenvalue weighted by Crippen LogP contribution is 2.44. The van der Waals surface area contributed by atoms with Crippen LogP contribution in [0.25, 0.3) is 11.1 Å². The van der Waals surface area contributed by atoms with Gasteiger partial charge in [-0.2, -0.15) is 0 Å². The van der Waals surface area contributed by atoms with Crippen LogP contribution in [0.15, 0.2) is 103 Å². The first-order valence-corrected chi connectivity index (χ1v) is 11.5. The van der Waals surface area contributed by atoms with E-state index in [9.17, 15) is 14.4 Å². The molecular formula is C30H24N2O3. The van der Waals surface area contributed by atoms with Crippen LogP contribution in [-0.4, -0.2) is 23.6 Å². The van der Waals surface area contributed by atoms with E-state index in [-0.39, 0.29) is 18.1 Å². The number of primary amides is 1. The normalized spacial score (nSPS) is 12.9. The molecule has 0 unspecified atom stereocenters. The van der Waals surface area contributed by atoms with Crippen molar-refractivity contribution in [3.63, 3.8) is 0 Å². The van der Waals surface area contributed by atoms with Crippen molar-refractivity contribution < 1.29 is 14.4 Å². The van der Waals surface area contributed by atoms with E-state index >= 15 is 0 Å². The van der Waals surface area contributed by atoms with Gasteiger partial charge in [-0.05, 0) is 27.8 Å². The minimum atomic E-state index is -0.877. The summed E-state index contributed by atoms with van der Waals surface area (Å²) in [6.07, 6.45) is 0.233. The Morgan fingerprint density at radius 1 is 0.686 bits per heavy atom. The number of nitrogens with one attached hydrogen (secondary N) is 1. The van der Waals surface area contributed by atoms with Gasteiger partial charge in [0.1, 0.15) is 6.04 Å². The molecule has 1 atom stereocenters.